The summed E-state index contributed by atoms with van der Waals surface area (Å²) in [5.41, 5.74) is 0.137. The minimum absolute atomic E-state index is 0.0208. The molecule has 0 aliphatic rings. The molecule has 0 saturated heterocycles. The molecule has 0 spiro atoms. The number of rotatable bonds is 1. The fraction of sp³-hybridized carbons (Fsp3) is 0.125. The molecule has 0 unspecified atom stereocenters. The van der Waals surface area contributed by atoms with Gasteiger partial charge in [-0.1, -0.05) is 18.2 Å². The van der Waals surface area contributed by atoms with Gasteiger partial charge < -0.3 is 0 Å². The number of hydrogen-bond donors (Lipinski definition) is 0. The Kier molecular flexibility index (Phi) is 5.71. The number of carbonyl (C=O) groups excluding carboxylic acids is 1. The highest BCUT2D eigenvalue weighted by Gasteiger charge is 1.98. The standard InChI is InChI=1S/C6H5NO2.C2H3BrO/c8-7(9)6-4-2-1-3-5-6;1-2(3)4/h1-5H;1H3. The van der Waals surface area contributed by atoms with Crippen molar-refractivity contribution in [3.05, 3.63) is 40.4 Å². The summed E-state index contributed by atoms with van der Waals surface area (Å²) in [4.78, 5) is 19.0. The predicted octanol–water partition coefficient (Wildman–Crippen LogP) is 2.52. The Hall–Kier alpha value is -1.23. The maximum Gasteiger partial charge on any atom is 0.269 e. The first-order chi connectivity index (χ1) is 6.04. The van der Waals surface area contributed by atoms with Crippen LogP contribution < -0.4 is 0 Å². The summed E-state index contributed by atoms with van der Waals surface area (Å²) < 4.78 is -0.0208. The molecule has 0 atom stereocenters. The van der Waals surface area contributed by atoms with E-state index in [0.717, 1.165) is 0 Å². The van der Waals surface area contributed by atoms with Crippen molar-refractivity contribution in [3.8, 4) is 0 Å². The number of benzene rings is 1. The van der Waals surface area contributed by atoms with Crippen LogP contribution in [0.4, 0.5) is 5.69 Å². The Balaban J connectivity index is 0.000000310. The monoisotopic (exact) mass is 245 g/mol. The SMILES string of the molecule is CC(=O)Br.O=[N+]([O-])c1ccccc1. The molecule has 0 bridgehead atoms. The molecule has 0 saturated carbocycles. The molecule has 0 fully saturated rings. The normalized spacial score (nSPS) is 8.15. The molecule has 0 radical (unpaired) electrons. The van der Waals surface area contributed by atoms with Gasteiger partial charge in [-0.2, -0.15) is 0 Å². The van der Waals surface area contributed by atoms with Crippen LogP contribution in [0, 0.1) is 10.1 Å². The van der Waals surface area contributed by atoms with Gasteiger partial charge in [-0.05, 0) is 15.9 Å². The lowest BCUT2D eigenvalue weighted by Crippen LogP contribution is -1.84. The highest BCUT2D eigenvalue weighted by molar-refractivity contribution is 9.18. The summed E-state index contributed by atoms with van der Waals surface area (Å²) in [7, 11) is 0. The Bertz CT molecular complexity index is 283. The molecule has 1 rings (SSSR count). The van der Waals surface area contributed by atoms with Gasteiger partial charge in [-0.15, -0.1) is 0 Å². The van der Waals surface area contributed by atoms with Gasteiger partial charge in [0.25, 0.3) is 5.69 Å². The van der Waals surface area contributed by atoms with E-state index in [9.17, 15) is 14.9 Å². The van der Waals surface area contributed by atoms with Crippen LogP contribution in [0.2, 0.25) is 0 Å². The molecule has 70 valence electrons. The van der Waals surface area contributed by atoms with Crippen LogP contribution in [0.3, 0.4) is 0 Å². The van der Waals surface area contributed by atoms with Crippen molar-refractivity contribution in [2.24, 2.45) is 0 Å². The Morgan fingerprint density at radius 1 is 1.38 bits per heavy atom. The molecule has 5 heteroatoms. The molecule has 0 heterocycles. The summed E-state index contributed by atoms with van der Waals surface area (Å²) in [6, 6.07) is 7.93. The van der Waals surface area contributed by atoms with E-state index in [1.165, 1.54) is 19.1 Å². The third kappa shape index (κ3) is 7.14. The maximum absolute atomic E-state index is 10.0. The van der Waals surface area contributed by atoms with Gasteiger partial charge in [-0.25, -0.2) is 0 Å². The van der Waals surface area contributed by atoms with E-state index in [4.69, 9.17) is 0 Å². The van der Waals surface area contributed by atoms with Crippen molar-refractivity contribution < 1.29 is 9.72 Å². The molecule has 4 nitrogen and oxygen atoms in total. The van der Waals surface area contributed by atoms with Crippen molar-refractivity contribution in [3.63, 3.8) is 0 Å². The number of carbonyl (C=O) groups is 1. The van der Waals surface area contributed by atoms with Gasteiger partial charge in [0, 0.05) is 19.1 Å². The van der Waals surface area contributed by atoms with Crippen LogP contribution >= 0.6 is 15.9 Å². The second-order valence-corrected chi connectivity index (χ2v) is 3.18. The van der Waals surface area contributed by atoms with E-state index < -0.39 is 4.92 Å². The van der Waals surface area contributed by atoms with Crippen LogP contribution in [-0.4, -0.2) is 9.62 Å². The number of nitrogens with zero attached hydrogens (tertiary/aromatic N) is 1. The topological polar surface area (TPSA) is 60.2 Å². The molecule has 0 aliphatic heterocycles. The minimum atomic E-state index is -0.417. The van der Waals surface area contributed by atoms with Crippen molar-refractivity contribution in [1.82, 2.24) is 0 Å². The summed E-state index contributed by atoms with van der Waals surface area (Å²) >= 11 is 2.63. The first kappa shape index (κ1) is 11.8. The second-order valence-electron chi connectivity index (χ2n) is 2.06. The fourth-order valence-corrected chi connectivity index (χ4v) is 0.550. The zero-order valence-electron chi connectivity index (χ0n) is 6.94. The lowest BCUT2D eigenvalue weighted by atomic mass is 10.3. The highest BCUT2D eigenvalue weighted by Crippen LogP contribution is 2.06. The Labute approximate surface area is 83.8 Å². The number of halogens is 1. The van der Waals surface area contributed by atoms with E-state index in [-0.39, 0.29) is 10.4 Å². The van der Waals surface area contributed by atoms with E-state index >= 15 is 0 Å². The molecule has 0 aromatic heterocycles. The van der Waals surface area contributed by atoms with Crippen molar-refractivity contribution in [2.75, 3.05) is 0 Å². The molecule has 13 heavy (non-hydrogen) atoms. The fourth-order valence-electron chi connectivity index (χ4n) is 0.550. The number of para-hydroxylation sites is 1. The average Bonchev–Trinajstić information content (AvgIpc) is 2.05. The summed E-state index contributed by atoms with van der Waals surface area (Å²) in [6.07, 6.45) is 0. The molecule has 0 N–H and O–H groups in total. The first-order valence-corrected chi connectivity index (χ1v) is 4.19. The molecule has 1 aromatic rings. The Morgan fingerprint density at radius 3 is 2.00 bits per heavy atom. The number of nitro benzene ring substituents is 1. The summed E-state index contributed by atoms with van der Waals surface area (Å²) in [5.74, 6) is 0. The second kappa shape index (κ2) is 6.30. The van der Waals surface area contributed by atoms with Gasteiger partial charge in [0.15, 0.2) is 4.69 Å². The lowest BCUT2D eigenvalue weighted by molar-refractivity contribution is -0.384. The number of non-ortho nitro benzene ring substituents is 1. The smallest absolute Gasteiger partial charge is 0.269 e. The van der Waals surface area contributed by atoms with Gasteiger partial charge in [0.05, 0.1) is 4.92 Å². The van der Waals surface area contributed by atoms with Crippen LogP contribution in [0.1, 0.15) is 6.92 Å². The summed E-state index contributed by atoms with van der Waals surface area (Å²) in [5, 5.41) is 10.0. The Morgan fingerprint density at radius 2 is 1.77 bits per heavy atom. The van der Waals surface area contributed by atoms with E-state index in [1.54, 1.807) is 18.2 Å². The molecule has 1 aromatic carbocycles. The van der Waals surface area contributed by atoms with E-state index in [1.807, 2.05) is 0 Å². The van der Waals surface area contributed by atoms with Gasteiger partial charge >= 0.3 is 0 Å². The molecule has 0 aliphatic carbocycles. The molecular weight excluding hydrogens is 238 g/mol. The van der Waals surface area contributed by atoms with Crippen LogP contribution in [0.5, 0.6) is 0 Å². The average molecular weight is 246 g/mol. The maximum atomic E-state index is 10.0. The lowest BCUT2D eigenvalue weighted by Gasteiger charge is -1.85. The minimum Gasteiger partial charge on any atom is -0.287 e. The van der Waals surface area contributed by atoms with Crippen LogP contribution in [0.25, 0.3) is 0 Å². The zero-order chi connectivity index (χ0) is 10.3. The highest BCUT2D eigenvalue weighted by atomic mass is 79.9. The third-order valence-electron chi connectivity index (χ3n) is 0.967. The number of nitro groups is 1. The van der Waals surface area contributed by atoms with Gasteiger partial charge in [0.2, 0.25) is 0 Å². The van der Waals surface area contributed by atoms with Crippen molar-refractivity contribution in [1.29, 1.82) is 0 Å². The van der Waals surface area contributed by atoms with Crippen LogP contribution in [-0.2, 0) is 4.79 Å². The van der Waals surface area contributed by atoms with Crippen molar-refractivity contribution >= 4 is 26.3 Å². The van der Waals surface area contributed by atoms with E-state index in [0.29, 0.717) is 0 Å². The van der Waals surface area contributed by atoms with Crippen molar-refractivity contribution in [2.45, 2.75) is 6.92 Å². The predicted molar refractivity (Wildman–Crippen MR) is 52.7 cm³/mol. The van der Waals surface area contributed by atoms with Gasteiger partial charge in [-0.3, -0.25) is 14.9 Å². The zero-order valence-corrected chi connectivity index (χ0v) is 8.52. The third-order valence-corrected chi connectivity index (χ3v) is 0.967. The van der Waals surface area contributed by atoms with Gasteiger partial charge in [0.1, 0.15) is 0 Å². The molecular formula is C8H8BrNO3. The first-order valence-electron chi connectivity index (χ1n) is 3.39. The molecule has 0 amide bonds. The largest absolute Gasteiger partial charge is 0.287 e. The summed E-state index contributed by atoms with van der Waals surface area (Å²) in [6.45, 7) is 1.44. The van der Waals surface area contributed by atoms with E-state index in [2.05, 4.69) is 15.9 Å². The number of hydrogen-bond acceptors (Lipinski definition) is 3. The van der Waals surface area contributed by atoms with Crippen LogP contribution in [0.15, 0.2) is 30.3 Å². The quantitative estimate of drug-likeness (QED) is 0.434.